The van der Waals surface area contributed by atoms with Crippen LogP contribution in [0, 0.1) is 0 Å². The van der Waals surface area contributed by atoms with Gasteiger partial charge in [-0.1, -0.05) is 12.1 Å². The van der Waals surface area contributed by atoms with E-state index in [4.69, 9.17) is 24.4 Å². The van der Waals surface area contributed by atoms with Crippen molar-refractivity contribution in [2.24, 2.45) is 0 Å². The molecule has 1 aromatic heterocycles. The van der Waals surface area contributed by atoms with Crippen LogP contribution in [0.1, 0.15) is 22.8 Å². The van der Waals surface area contributed by atoms with Crippen LogP contribution in [-0.4, -0.2) is 52.5 Å². The maximum Gasteiger partial charge on any atom is 0.411 e. The largest absolute Gasteiger partial charge is 0.454 e. The van der Waals surface area contributed by atoms with Gasteiger partial charge in [-0.2, -0.15) is 0 Å². The predicted molar refractivity (Wildman–Crippen MR) is 117 cm³/mol. The molecule has 3 rings (SSSR count). The number of aliphatic hydroxyl groups excluding tert-OH is 2. The molecule has 0 aliphatic heterocycles. The first-order chi connectivity index (χ1) is 15.9. The minimum absolute atomic E-state index is 0.0693. The van der Waals surface area contributed by atoms with Crippen LogP contribution < -0.4 is 10.1 Å². The van der Waals surface area contributed by atoms with Crippen LogP contribution in [0.3, 0.4) is 0 Å². The highest BCUT2D eigenvalue weighted by molar-refractivity contribution is 5.94. The molecule has 0 saturated heterocycles. The molecular weight excluding hydrogens is 432 g/mol. The normalized spacial score (nSPS) is 10.7. The second kappa shape index (κ2) is 11.0. The van der Waals surface area contributed by atoms with Crippen LogP contribution in [-0.2, 0) is 20.9 Å². The molecule has 3 N–H and O–H groups in total. The van der Waals surface area contributed by atoms with Gasteiger partial charge >= 0.3 is 18.0 Å². The van der Waals surface area contributed by atoms with Crippen LogP contribution in [0.4, 0.5) is 10.5 Å². The number of carbonyl (C=O) groups excluding carboxylic acids is 3. The number of fused-ring (bicyclic) bond motifs is 1. The first-order valence-electron chi connectivity index (χ1n) is 9.92. The van der Waals surface area contributed by atoms with Crippen molar-refractivity contribution >= 4 is 34.6 Å². The molecule has 10 heteroatoms. The van der Waals surface area contributed by atoms with Gasteiger partial charge in [0.15, 0.2) is 0 Å². The van der Waals surface area contributed by atoms with E-state index in [1.54, 1.807) is 30.5 Å². The zero-order valence-corrected chi connectivity index (χ0v) is 17.7. The summed E-state index contributed by atoms with van der Waals surface area (Å²) in [4.78, 5) is 40.2. The number of aliphatic hydroxyl groups is 2. The highest BCUT2D eigenvalue weighted by atomic mass is 16.6. The first kappa shape index (κ1) is 23.6. The first-order valence-corrected chi connectivity index (χ1v) is 9.92. The number of nitrogens with zero attached hydrogens (tertiary/aromatic N) is 1. The van der Waals surface area contributed by atoms with Gasteiger partial charge in [-0.25, -0.2) is 9.59 Å². The van der Waals surface area contributed by atoms with E-state index in [0.717, 1.165) is 10.9 Å². The lowest BCUT2D eigenvalue weighted by molar-refractivity contribution is -0.131. The molecule has 172 valence electrons. The summed E-state index contributed by atoms with van der Waals surface area (Å²) in [5.74, 6) is -1.64. The standard InChI is InChI=1S/C23H22N2O8/c1-14(28)32-21-7-4-15(9-19(21)22(29)33-18(11-26)12-27)13-31-23(30)25-17-5-6-20-16(10-17)3-2-8-24-20/h2-10,18,26-27H,11-13H2,1H3,(H,25,30). The van der Waals surface area contributed by atoms with Gasteiger partial charge in [0, 0.05) is 24.2 Å². The topological polar surface area (TPSA) is 144 Å². The SMILES string of the molecule is CC(=O)Oc1ccc(COC(=O)Nc2ccc3ncccc3c2)cc1C(=O)OC(CO)CO. The van der Waals surface area contributed by atoms with E-state index in [-0.39, 0.29) is 17.9 Å². The molecule has 0 spiro atoms. The third-order valence-electron chi connectivity index (χ3n) is 4.42. The minimum atomic E-state index is -1.13. The number of anilines is 1. The van der Waals surface area contributed by atoms with E-state index in [1.807, 2.05) is 6.07 Å². The summed E-state index contributed by atoms with van der Waals surface area (Å²) in [6.07, 6.45) is -0.175. The maximum atomic E-state index is 12.5. The summed E-state index contributed by atoms with van der Waals surface area (Å²) in [7, 11) is 0. The number of aromatic nitrogens is 1. The predicted octanol–water partition coefficient (Wildman–Crippen LogP) is 2.42. The molecule has 1 heterocycles. The Labute approximate surface area is 188 Å². The number of rotatable bonds is 8. The molecular formula is C23H22N2O8. The molecule has 1 amide bonds. The van der Waals surface area contributed by atoms with Crippen molar-refractivity contribution in [3.05, 3.63) is 65.9 Å². The van der Waals surface area contributed by atoms with Crippen molar-refractivity contribution in [3.8, 4) is 5.75 Å². The molecule has 33 heavy (non-hydrogen) atoms. The van der Waals surface area contributed by atoms with Crippen molar-refractivity contribution in [1.82, 2.24) is 4.98 Å². The third kappa shape index (κ3) is 6.48. The fourth-order valence-electron chi connectivity index (χ4n) is 2.87. The lowest BCUT2D eigenvalue weighted by Gasteiger charge is -2.15. The van der Waals surface area contributed by atoms with E-state index < -0.39 is 37.3 Å². The zero-order chi connectivity index (χ0) is 23.8. The van der Waals surface area contributed by atoms with E-state index in [1.165, 1.54) is 25.1 Å². The fourth-order valence-corrected chi connectivity index (χ4v) is 2.87. The van der Waals surface area contributed by atoms with Gasteiger partial charge < -0.3 is 24.4 Å². The molecule has 0 atom stereocenters. The van der Waals surface area contributed by atoms with Gasteiger partial charge in [-0.05, 0) is 42.0 Å². The summed E-state index contributed by atoms with van der Waals surface area (Å²) >= 11 is 0. The summed E-state index contributed by atoms with van der Waals surface area (Å²) in [5.41, 5.74) is 1.60. The van der Waals surface area contributed by atoms with E-state index in [2.05, 4.69) is 10.3 Å². The van der Waals surface area contributed by atoms with Crippen LogP contribution in [0.15, 0.2) is 54.7 Å². The van der Waals surface area contributed by atoms with Gasteiger partial charge in [0.1, 0.15) is 24.0 Å². The lowest BCUT2D eigenvalue weighted by atomic mass is 10.1. The number of amides is 1. The van der Waals surface area contributed by atoms with Crippen molar-refractivity contribution in [1.29, 1.82) is 0 Å². The summed E-state index contributed by atoms with van der Waals surface area (Å²) in [6.45, 7) is -0.188. The van der Waals surface area contributed by atoms with Crippen molar-refractivity contribution < 1.29 is 38.8 Å². The van der Waals surface area contributed by atoms with Gasteiger partial charge in [0.05, 0.1) is 18.7 Å². The van der Waals surface area contributed by atoms with Crippen LogP contribution in [0.5, 0.6) is 5.75 Å². The number of ether oxygens (including phenoxy) is 3. The van der Waals surface area contributed by atoms with Crippen molar-refractivity contribution in [2.75, 3.05) is 18.5 Å². The quantitative estimate of drug-likeness (QED) is 0.345. The Morgan fingerprint density at radius 3 is 2.58 bits per heavy atom. The molecule has 0 unspecified atom stereocenters. The Bertz CT molecular complexity index is 1160. The molecule has 10 nitrogen and oxygen atoms in total. The highest BCUT2D eigenvalue weighted by Crippen LogP contribution is 2.23. The summed E-state index contributed by atoms with van der Waals surface area (Å²) in [6, 6.07) is 13.1. The smallest absolute Gasteiger partial charge is 0.411 e. The van der Waals surface area contributed by atoms with E-state index >= 15 is 0 Å². The summed E-state index contributed by atoms with van der Waals surface area (Å²) in [5, 5.41) is 21.7. The third-order valence-corrected chi connectivity index (χ3v) is 4.42. The van der Waals surface area contributed by atoms with Crippen molar-refractivity contribution in [2.45, 2.75) is 19.6 Å². The Hall–Kier alpha value is -4.02. The molecule has 0 aliphatic carbocycles. The molecule has 0 radical (unpaired) electrons. The number of carbonyl (C=O) groups is 3. The second-order valence-corrected chi connectivity index (χ2v) is 6.93. The van der Waals surface area contributed by atoms with Gasteiger partial charge in [0.2, 0.25) is 0 Å². The number of benzene rings is 2. The minimum Gasteiger partial charge on any atom is -0.454 e. The highest BCUT2D eigenvalue weighted by Gasteiger charge is 2.20. The zero-order valence-electron chi connectivity index (χ0n) is 17.7. The van der Waals surface area contributed by atoms with Gasteiger partial charge in [-0.3, -0.25) is 15.1 Å². The number of hydrogen-bond donors (Lipinski definition) is 3. The Balaban J connectivity index is 1.69. The molecule has 0 saturated carbocycles. The number of hydrogen-bond acceptors (Lipinski definition) is 9. The molecule has 2 aromatic carbocycles. The van der Waals surface area contributed by atoms with E-state index in [9.17, 15) is 14.4 Å². The van der Waals surface area contributed by atoms with Gasteiger partial charge in [-0.15, -0.1) is 0 Å². The summed E-state index contributed by atoms with van der Waals surface area (Å²) < 4.78 is 15.2. The maximum absolute atomic E-state index is 12.5. The van der Waals surface area contributed by atoms with Gasteiger partial charge in [0.25, 0.3) is 0 Å². The monoisotopic (exact) mass is 454 g/mol. The molecule has 0 aliphatic rings. The number of pyridine rings is 1. The fraction of sp³-hybridized carbons (Fsp3) is 0.217. The van der Waals surface area contributed by atoms with Crippen LogP contribution in [0.25, 0.3) is 10.9 Å². The van der Waals surface area contributed by atoms with E-state index in [0.29, 0.717) is 11.3 Å². The van der Waals surface area contributed by atoms with Crippen LogP contribution in [0.2, 0.25) is 0 Å². The average molecular weight is 454 g/mol. The average Bonchev–Trinajstić information content (AvgIpc) is 2.81. The second-order valence-electron chi connectivity index (χ2n) is 6.93. The molecule has 0 bridgehead atoms. The number of esters is 2. The van der Waals surface area contributed by atoms with Crippen LogP contribution >= 0.6 is 0 Å². The Morgan fingerprint density at radius 2 is 1.85 bits per heavy atom. The molecule has 3 aromatic rings. The Kier molecular flexibility index (Phi) is 7.90. The van der Waals surface area contributed by atoms with Crippen molar-refractivity contribution in [3.63, 3.8) is 0 Å². The Morgan fingerprint density at radius 1 is 1.06 bits per heavy atom. The number of nitrogens with one attached hydrogen (secondary N) is 1. The molecule has 0 fully saturated rings. The lowest BCUT2D eigenvalue weighted by Crippen LogP contribution is -2.26.